The van der Waals surface area contributed by atoms with Crippen LogP contribution in [0.15, 0.2) is 52.4 Å². The molecule has 0 aliphatic carbocycles. The van der Waals surface area contributed by atoms with Crippen LogP contribution in [-0.2, 0) is 10.5 Å². The van der Waals surface area contributed by atoms with Gasteiger partial charge in [-0.1, -0.05) is 47.6 Å². The number of methoxy groups -OCH3 is 2. The van der Waals surface area contributed by atoms with Gasteiger partial charge in [0.1, 0.15) is 5.82 Å². The van der Waals surface area contributed by atoms with Gasteiger partial charge in [-0.05, 0) is 23.8 Å². The Hall–Kier alpha value is -2.97. The molecule has 1 aliphatic rings. The molecule has 0 radical (unpaired) electrons. The Balaban J connectivity index is 1.69. The van der Waals surface area contributed by atoms with Gasteiger partial charge in [0, 0.05) is 28.7 Å². The highest BCUT2D eigenvalue weighted by Crippen LogP contribution is 2.42. The van der Waals surface area contributed by atoms with Crippen LogP contribution < -0.4 is 20.3 Å². The Morgan fingerprint density at radius 3 is 2.61 bits per heavy atom. The van der Waals surface area contributed by atoms with E-state index in [0.29, 0.717) is 38.6 Å². The largest absolute Gasteiger partial charge is 0.493 e. The van der Waals surface area contributed by atoms with E-state index in [1.807, 2.05) is 30.3 Å². The zero-order valence-corrected chi connectivity index (χ0v) is 18.5. The molecule has 1 unspecified atom stereocenters. The number of aromatic nitrogens is 2. The zero-order valence-electron chi connectivity index (χ0n) is 16.9. The van der Waals surface area contributed by atoms with E-state index in [-0.39, 0.29) is 23.7 Å². The zero-order chi connectivity index (χ0) is 22.0. The number of rotatable bonds is 6. The number of hydrogen-bond acceptors (Lipinski definition) is 6. The lowest BCUT2D eigenvalue weighted by Crippen LogP contribution is -2.31. The summed E-state index contributed by atoms with van der Waals surface area (Å²) in [6.07, 6.45) is 0.110. The molecule has 0 bridgehead atoms. The van der Waals surface area contributed by atoms with Crippen LogP contribution in [0, 0.1) is 0 Å². The summed E-state index contributed by atoms with van der Waals surface area (Å²) in [5, 5.41) is 3.83. The Morgan fingerprint density at radius 1 is 1.13 bits per heavy atom. The number of amides is 1. The minimum absolute atomic E-state index is 0.110. The molecule has 1 amide bonds. The molecule has 0 saturated carbocycles. The molecule has 0 saturated heterocycles. The number of thioether (sulfide) groups is 1. The molecule has 2 N–H and O–H groups in total. The van der Waals surface area contributed by atoms with Gasteiger partial charge in [-0.25, -0.2) is 4.98 Å². The second-order valence-corrected chi connectivity index (χ2v) is 8.34. The van der Waals surface area contributed by atoms with Crippen LogP contribution in [0.2, 0.25) is 5.02 Å². The van der Waals surface area contributed by atoms with Crippen molar-refractivity contribution >= 4 is 35.1 Å². The normalized spacial score (nSPS) is 15.2. The second kappa shape index (κ2) is 9.03. The van der Waals surface area contributed by atoms with Gasteiger partial charge in [-0.2, -0.15) is 0 Å². The third kappa shape index (κ3) is 4.40. The lowest BCUT2D eigenvalue weighted by molar-refractivity contribution is -0.116. The number of fused-ring (bicyclic) bond motifs is 1. The van der Waals surface area contributed by atoms with Gasteiger partial charge >= 0.3 is 0 Å². The van der Waals surface area contributed by atoms with Gasteiger partial charge in [0.15, 0.2) is 16.7 Å². The van der Waals surface area contributed by atoms with Crippen LogP contribution in [0.1, 0.15) is 29.0 Å². The third-order valence-electron chi connectivity index (χ3n) is 5.03. The monoisotopic (exact) mass is 457 g/mol. The average Bonchev–Trinajstić information content (AvgIpc) is 2.77. The van der Waals surface area contributed by atoms with Crippen molar-refractivity contribution < 1.29 is 14.3 Å². The predicted molar refractivity (Wildman–Crippen MR) is 121 cm³/mol. The Morgan fingerprint density at radius 2 is 1.90 bits per heavy atom. The topological polar surface area (TPSA) is 93.3 Å². The first-order valence-electron chi connectivity index (χ1n) is 9.52. The number of benzene rings is 2. The standard InChI is InChI=1S/C22H20ClN3O4S/c1-29-16-5-3-4-14(19(16)30-2)15-10-17(27)24-20-18(15)21(28)26-22(25-20)31-11-12-6-8-13(23)9-7-12/h3-9,15H,10-11H2,1-2H3,(H2,24,25,26,27,28). The van der Waals surface area contributed by atoms with Gasteiger partial charge in [0.2, 0.25) is 5.91 Å². The number of nitrogens with zero attached hydrogens (tertiary/aromatic N) is 1. The molecule has 1 aromatic heterocycles. The molecule has 9 heteroatoms. The molecular weight excluding hydrogens is 438 g/mol. The summed E-state index contributed by atoms with van der Waals surface area (Å²) in [6.45, 7) is 0. The van der Waals surface area contributed by atoms with Crippen LogP contribution in [0.5, 0.6) is 11.5 Å². The van der Waals surface area contributed by atoms with E-state index in [1.54, 1.807) is 19.2 Å². The molecule has 3 aromatic rings. The van der Waals surface area contributed by atoms with E-state index in [0.717, 1.165) is 5.56 Å². The van der Waals surface area contributed by atoms with Crippen LogP contribution in [0.4, 0.5) is 5.82 Å². The van der Waals surface area contributed by atoms with Crippen LogP contribution in [-0.4, -0.2) is 30.1 Å². The van der Waals surface area contributed by atoms with Crippen molar-refractivity contribution in [1.29, 1.82) is 0 Å². The molecule has 2 heterocycles. The molecule has 0 spiro atoms. The molecule has 4 rings (SSSR count). The first-order chi connectivity index (χ1) is 15.0. The summed E-state index contributed by atoms with van der Waals surface area (Å²) in [4.78, 5) is 32.8. The summed E-state index contributed by atoms with van der Waals surface area (Å²) in [6, 6.07) is 12.9. The Labute approximate surface area is 188 Å². The maximum atomic E-state index is 13.0. The van der Waals surface area contributed by atoms with Gasteiger partial charge in [-0.15, -0.1) is 0 Å². The lowest BCUT2D eigenvalue weighted by Gasteiger charge is -2.26. The quantitative estimate of drug-likeness (QED) is 0.425. The first kappa shape index (κ1) is 21.3. The van der Waals surface area contributed by atoms with Gasteiger partial charge in [0.25, 0.3) is 5.56 Å². The van der Waals surface area contributed by atoms with E-state index in [9.17, 15) is 9.59 Å². The Kier molecular flexibility index (Phi) is 6.20. The number of H-pyrrole nitrogens is 1. The minimum atomic E-state index is -0.500. The fraction of sp³-hybridized carbons (Fsp3) is 0.227. The maximum Gasteiger partial charge on any atom is 0.257 e. The number of ether oxygens (including phenoxy) is 2. The number of nitrogens with one attached hydrogen (secondary N) is 2. The number of anilines is 1. The summed E-state index contributed by atoms with van der Waals surface area (Å²) in [5.41, 5.74) is 1.85. The van der Waals surface area contributed by atoms with Crippen molar-refractivity contribution in [3.8, 4) is 11.5 Å². The number of carbonyl (C=O) groups excluding carboxylic acids is 1. The second-order valence-electron chi connectivity index (χ2n) is 6.94. The summed E-state index contributed by atoms with van der Waals surface area (Å²) in [7, 11) is 3.08. The van der Waals surface area contributed by atoms with Crippen LogP contribution in [0.3, 0.4) is 0 Å². The smallest absolute Gasteiger partial charge is 0.257 e. The van der Waals surface area contributed by atoms with Crippen molar-refractivity contribution in [2.45, 2.75) is 23.2 Å². The van der Waals surface area contributed by atoms with Crippen molar-refractivity contribution in [2.75, 3.05) is 19.5 Å². The van der Waals surface area contributed by atoms with Gasteiger partial charge in [0.05, 0.1) is 19.8 Å². The minimum Gasteiger partial charge on any atom is -0.493 e. The highest BCUT2D eigenvalue weighted by Gasteiger charge is 2.33. The fourth-order valence-electron chi connectivity index (χ4n) is 3.60. The molecule has 1 atom stereocenters. The SMILES string of the molecule is COc1cccc(C2CC(=O)Nc3nc(SCc4ccc(Cl)cc4)[nH]c(=O)c32)c1OC. The van der Waals surface area contributed by atoms with Crippen LogP contribution >= 0.6 is 23.4 Å². The first-order valence-corrected chi connectivity index (χ1v) is 10.9. The molecule has 2 aromatic carbocycles. The maximum absolute atomic E-state index is 13.0. The van der Waals surface area contributed by atoms with Gasteiger partial charge < -0.3 is 19.8 Å². The molecule has 7 nitrogen and oxygen atoms in total. The van der Waals surface area contributed by atoms with Crippen molar-refractivity contribution in [3.63, 3.8) is 0 Å². The van der Waals surface area contributed by atoms with E-state index < -0.39 is 5.92 Å². The number of para-hydroxylation sites is 1. The summed E-state index contributed by atoms with van der Waals surface area (Å²) >= 11 is 7.30. The molecule has 0 fully saturated rings. The van der Waals surface area contributed by atoms with Gasteiger partial charge in [-0.3, -0.25) is 9.59 Å². The number of hydrogen-bond donors (Lipinski definition) is 2. The van der Waals surface area contributed by atoms with Crippen molar-refractivity contribution in [2.24, 2.45) is 0 Å². The molecule has 160 valence electrons. The van der Waals surface area contributed by atoms with Crippen LogP contribution in [0.25, 0.3) is 0 Å². The number of carbonyl (C=O) groups is 1. The van der Waals surface area contributed by atoms with E-state index in [4.69, 9.17) is 21.1 Å². The van der Waals surface area contributed by atoms with E-state index >= 15 is 0 Å². The molecular formula is C22H20ClN3O4S. The highest BCUT2D eigenvalue weighted by molar-refractivity contribution is 7.98. The fourth-order valence-corrected chi connectivity index (χ4v) is 4.55. The number of halogens is 1. The lowest BCUT2D eigenvalue weighted by atomic mass is 9.86. The summed E-state index contributed by atoms with van der Waals surface area (Å²) in [5.74, 6) is 1.19. The highest BCUT2D eigenvalue weighted by atomic mass is 35.5. The number of aromatic amines is 1. The van der Waals surface area contributed by atoms with Crippen molar-refractivity contribution in [1.82, 2.24) is 9.97 Å². The third-order valence-corrected chi connectivity index (χ3v) is 6.22. The predicted octanol–water partition coefficient (Wildman–Crippen LogP) is 4.21. The van der Waals surface area contributed by atoms with Crippen molar-refractivity contribution in [3.05, 3.63) is 74.5 Å². The van der Waals surface area contributed by atoms with E-state index in [2.05, 4.69) is 15.3 Å². The summed E-state index contributed by atoms with van der Waals surface area (Å²) < 4.78 is 10.9. The Bertz CT molecular complexity index is 1180. The molecule has 1 aliphatic heterocycles. The van der Waals surface area contributed by atoms with E-state index in [1.165, 1.54) is 18.9 Å². The average molecular weight is 458 g/mol. The molecule has 31 heavy (non-hydrogen) atoms.